The van der Waals surface area contributed by atoms with Crippen molar-refractivity contribution >= 4 is 17.3 Å². The summed E-state index contributed by atoms with van der Waals surface area (Å²) in [5, 5.41) is 2.06. The second-order valence-corrected chi connectivity index (χ2v) is 4.24. The summed E-state index contributed by atoms with van der Waals surface area (Å²) >= 11 is 1.72. The molecule has 14 heavy (non-hydrogen) atoms. The Morgan fingerprint density at radius 1 is 1.57 bits per heavy atom. The molecule has 1 heterocycles. The van der Waals surface area contributed by atoms with Gasteiger partial charge in [0, 0.05) is 4.88 Å². The Morgan fingerprint density at radius 3 is 2.71 bits per heavy atom. The van der Waals surface area contributed by atoms with Crippen LogP contribution in [-0.4, -0.2) is 31.5 Å². The van der Waals surface area contributed by atoms with Crippen LogP contribution in [0.25, 0.3) is 0 Å². The minimum atomic E-state index is 0.147. The number of hydrogen-bond acceptors (Lipinski definition) is 3. The van der Waals surface area contributed by atoms with Gasteiger partial charge in [-0.1, -0.05) is 6.07 Å². The van der Waals surface area contributed by atoms with Crippen molar-refractivity contribution in [2.24, 2.45) is 16.5 Å². The van der Waals surface area contributed by atoms with Gasteiger partial charge < -0.3 is 16.4 Å². The Bertz CT molecular complexity index is 288. The van der Waals surface area contributed by atoms with Crippen LogP contribution in [0.1, 0.15) is 10.9 Å². The van der Waals surface area contributed by atoms with E-state index in [2.05, 4.69) is 21.3 Å². The largest absolute Gasteiger partial charge is 0.370 e. The van der Waals surface area contributed by atoms with Crippen LogP contribution in [0.2, 0.25) is 0 Å². The molecule has 0 aromatic carbocycles. The number of guanidine groups is 1. The highest BCUT2D eigenvalue weighted by molar-refractivity contribution is 7.10. The molecule has 5 heteroatoms. The van der Waals surface area contributed by atoms with Crippen LogP contribution >= 0.6 is 11.3 Å². The number of rotatable bonds is 4. The van der Waals surface area contributed by atoms with E-state index >= 15 is 0 Å². The summed E-state index contributed by atoms with van der Waals surface area (Å²) < 4.78 is 0. The molecule has 4 nitrogen and oxygen atoms in total. The van der Waals surface area contributed by atoms with Crippen molar-refractivity contribution < 1.29 is 0 Å². The average molecular weight is 212 g/mol. The van der Waals surface area contributed by atoms with Crippen molar-refractivity contribution in [3.63, 3.8) is 0 Å². The number of thiophene rings is 1. The first-order valence-corrected chi connectivity index (χ1v) is 5.24. The topological polar surface area (TPSA) is 67.6 Å². The fraction of sp³-hybridized carbons (Fsp3) is 0.444. The number of nitrogens with two attached hydrogens (primary N) is 2. The molecule has 0 aliphatic carbocycles. The molecule has 1 aromatic rings. The molecular weight excluding hydrogens is 196 g/mol. The summed E-state index contributed by atoms with van der Waals surface area (Å²) in [7, 11) is 4.04. The van der Waals surface area contributed by atoms with E-state index in [0.29, 0.717) is 6.54 Å². The second kappa shape index (κ2) is 4.97. The highest BCUT2D eigenvalue weighted by atomic mass is 32.1. The molecule has 0 bridgehead atoms. The molecular formula is C9H16N4S. The minimum absolute atomic E-state index is 0.147. The number of likely N-dealkylation sites (N-methyl/N-ethyl adjacent to an activating group) is 1. The molecule has 0 saturated heterocycles. The molecule has 0 fully saturated rings. The van der Waals surface area contributed by atoms with Gasteiger partial charge in [-0.2, -0.15) is 0 Å². The maximum Gasteiger partial charge on any atom is 0.185 e. The van der Waals surface area contributed by atoms with Gasteiger partial charge >= 0.3 is 0 Å². The van der Waals surface area contributed by atoms with Gasteiger partial charge in [0.1, 0.15) is 0 Å². The van der Waals surface area contributed by atoms with Gasteiger partial charge in [-0.25, -0.2) is 0 Å². The summed E-state index contributed by atoms with van der Waals surface area (Å²) in [6, 6.07) is 4.39. The van der Waals surface area contributed by atoms with E-state index in [0.717, 1.165) is 0 Å². The normalized spacial score (nSPS) is 12.8. The van der Waals surface area contributed by atoms with E-state index in [4.69, 9.17) is 11.5 Å². The molecule has 1 atom stereocenters. The minimum Gasteiger partial charge on any atom is -0.370 e. The van der Waals surface area contributed by atoms with E-state index in [-0.39, 0.29) is 12.0 Å². The zero-order valence-corrected chi connectivity index (χ0v) is 9.29. The maximum atomic E-state index is 5.31. The van der Waals surface area contributed by atoms with Crippen LogP contribution in [0.15, 0.2) is 22.5 Å². The van der Waals surface area contributed by atoms with Crippen molar-refractivity contribution in [2.75, 3.05) is 20.6 Å². The highest BCUT2D eigenvalue weighted by Crippen LogP contribution is 2.23. The smallest absolute Gasteiger partial charge is 0.185 e. The van der Waals surface area contributed by atoms with E-state index in [9.17, 15) is 0 Å². The monoisotopic (exact) mass is 212 g/mol. The van der Waals surface area contributed by atoms with Gasteiger partial charge in [-0.05, 0) is 25.5 Å². The first-order chi connectivity index (χ1) is 6.61. The van der Waals surface area contributed by atoms with Gasteiger partial charge in [0.15, 0.2) is 5.96 Å². The van der Waals surface area contributed by atoms with Crippen LogP contribution in [0.3, 0.4) is 0 Å². The van der Waals surface area contributed by atoms with Crippen LogP contribution in [0.5, 0.6) is 0 Å². The SMILES string of the molecule is CN(C)C(CN=C(N)N)c1cccs1. The van der Waals surface area contributed by atoms with E-state index in [1.54, 1.807) is 11.3 Å². The van der Waals surface area contributed by atoms with Crippen LogP contribution < -0.4 is 11.5 Å². The summed E-state index contributed by atoms with van der Waals surface area (Å²) in [5.41, 5.74) is 10.6. The summed E-state index contributed by atoms with van der Waals surface area (Å²) in [6.07, 6.45) is 0. The third-order valence-corrected chi connectivity index (χ3v) is 2.92. The molecule has 1 aromatic heterocycles. The summed E-state index contributed by atoms with van der Waals surface area (Å²) in [4.78, 5) is 7.43. The van der Waals surface area contributed by atoms with Crippen LogP contribution in [0.4, 0.5) is 0 Å². The number of hydrogen-bond donors (Lipinski definition) is 2. The van der Waals surface area contributed by atoms with Crippen molar-refractivity contribution in [1.29, 1.82) is 0 Å². The third kappa shape index (κ3) is 3.01. The lowest BCUT2D eigenvalue weighted by molar-refractivity contribution is 0.311. The zero-order chi connectivity index (χ0) is 10.6. The second-order valence-electron chi connectivity index (χ2n) is 3.26. The highest BCUT2D eigenvalue weighted by Gasteiger charge is 2.13. The molecule has 4 N–H and O–H groups in total. The predicted octanol–water partition coefficient (Wildman–Crippen LogP) is 0.624. The van der Waals surface area contributed by atoms with Crippen molar-refractivity contribution in [3.05, 3.63) is 22.4 Å². The van der Waals surface area contributed by atoms with E-state index in [1.165, 1.54) is 4.88 Å². The Morgan fingerprint density at radius 2 is 2.29 bits per heavy atom. The molecule has 78 valence electrons. The molecule has 0 saturated carbocycles. The Kier molecular flexibility index (Phi) is 3.91. The van der Waals surface area contributed by atoms with E-state index in [1.807, 2.05) is 20.2 Å². The third-order valence-electron chi connectivity index (χ3n) is 1.94. The van der Waals surface area contributed by atoms with Gasteiger partial charge in [-0.3, -0.25) is 4.99 Å². The molecule has 0 amide bonds. The van der Waals surface area contributed by atoms with Crippen LogP contribution in [0, 0.1) is 0 Å². The van der Waals surface area contributed by atoms with Crippen molar-refractivity contribution in [3.8, 4) is 0 Å². The molecule has 0 radical (unpaired) electrons. The molecule has 1 unspecified atom stereocenters. The zero-order valence-electron chi connectivity index (χ0n) is 8.47. The fourth-order valence-electron chi connectivity index (χ4n) is 1.18. The molecule has 1 rings (SSSR count). The number of nitrogens with zero attached hydrogens (tertiary/aromatic N) is 2. The van der Waals surface area contributed by atoms with Gasteiger partial charge in [0.05, 0.1) is 12.6 Å². The summed E-state index contributed by atoms with van der Waals surface area (Å²) in [5.74, 6) is 0.147. The quantitative estimate of drug-likeness (QED) is 0.568. The molecule has 0 aliphatic rings. The Hall–Kier alpha value is -1.07. The van der Waals surface area contributed by atoms with Crippen molar-refractivity contribution in [2.45, 2.75) is 6.04 Å². The lowest BCUT2D eigenvalue weighted by Gasteiger charge is -2.21. The van der Waals surface area contributed by atoms with Gasteiger partial charge in [0.25, 0.3) is 0 Å². The van der Waals surface area contributed by atoms with Crippen molar-refractivity contribution in [1.82, 2.24) is 4.90 Å². The summed E-state index contributed by atoms with van der Waals surface area (Å²) in [6.45, 7) is 0.607. The predicted molar refractivity (Wildman–Crippen MR) is 61.4 cm³/mol. The standard InChI is InChI=1S/C9H16N4S/c1-13(2)7(6-12-9(10)11)8-4-3-5-14-8/h3-5,7H,6H2,1-2H3,(H4,10,11,12). The Balaban J connectivity index is 2.71. The average Bonchev–Trinajstić information content (AvgIpc) is 2.56. The number of aliphatic imine (C=N–C) groups is 1. The van der Waals surface area contributed by atoms with Gasteiger partial charge in [0.2, 0.25) is 0 Å². The van der Waals surface area contributed by atoms with Gasteiger partial charge in [-0.15, -0.1) is 11.3 Å². The van der Waals surface area contributed by atoms with E-state index < -0.39 is 0 Å². The fourth-order valence-corrected chi connectivity index (χ4v) is 2.09. The first kappa shape index (κ1) is 11.0. The first-order valence-electron chi connectivity index (χ1n) is 4.36. The Labute approximate surface area is 88.2 Å². The van der Waals surface area contributed by atoms with Crippen LogP contribution in [-0.2, 0) is 0 Å². The lowest BCUT2D eigenvalue weighted by Crippen LogP contribution is -2.27. The maximum absolute atomic E-state index is 5.31. The molecule has 0 aliphatic heterocycles. The molecule has 0 spiro atoms. The lowest BCUT2D eigenvalue weighted by atomic mass is 10.2.